The molecule has 0 spiro atoms. The van der Waals surface area contributed by atoms with Crippen LogP contribution in [0.2, 0.25) is 0 Å². The van der Waals surface area contributed by atoms with E-state index in [0.717, 1.165) is 11.3 Å². The van der Waals surface area contributed by atoms with E-state index in [-0.39, 0.29) is 23.9 Å². The van der Waals surface area contributed by atoms with Gasteiger partial charge in [0.2, 0.25) is 11.8 Å². The predicted molar refractivity (Wildman–Crippen MR) is 156 cm³/mol. The number of thioether (sulfide) groups is 1. The SMILES string of the molecule is COc1cccc2c1OCCCn1cc(nn1)CCN(C(=O)CSC)CCNC(=O)[C@H](Cc1ccccc1)NC2=O. The number of amides is 3. The second-order valence-corrected chi connectivity index (χ2v) is 10.4. The van der Waals surface area contributed by atoms with Gasteiger partial charge in [0.25, 0.3) is 5.91 Å². The number of carbonyl (C=O) groups is 3. The summed E-state index contributed by atoms with van der Waals surface area (Å²) in [4.78, 5) is 41.5. The van der Waals surface area contributed by atoms with E-state index < -0.39 is 11.9 Å². The van der Waals surface area contributed by atoms with Gasteiger partial charge in [-0.3, -0.25) is 19.1 Å². The molecule has 1 aliphatic rings. The lowest BCUT2D eigenvalue weighted by molar-refractivity contribution is -0.129. The molecule has 12 heteroatoms. The number of nitrogens with one attached hydrogen (secondary N) is 2. The molecule has 2 N–H and O–H groups in total. The lowest BCUT2D eigenvalue weighted by atomic mass is 10.0. The molecule has 1 aromatic heterocycles. The summed E-state index contributed by atoms with van der Waals surface area (Å²) in [5.74, 6) is 0.270. The summed E-state index contributed by atoms with van der Waals surface area (Å²) in [6.45, 7) is 1.90. The van der Waals surface area contributed by atoms with Crippen LogP contribution < -0.4 is 20.1 Å². The minimum atomic E-state index is -0.851. The standard InChI is InChI=1S/C29H36N6O5S/c1-39-25-11-6-10-23-27(25)40-17-7-14-35-19-22(32-33-35)12-15-34(26(36)20-41-2)16-13-30-29(38)24(31-28(23)37)18-21-8-4-3-5-9-21/h3-6,8-11,19,24H,7,12-18,20H2,1-2H3,(H,30,38)(H,31,37)/t24-/m0/s1. The van der Waals surface area contributed by atoms with Crippen molar-refractivity contribution in [3.63, 3.8) is 0 Å². The number of rotatable bonds is 5. The molecule has 0 unspecified atom stereocenters. The van der Waals surface area contributed by atoms with Crippen LogP contribution in [-0.4, -0.2) is 89.0 Å². The van der Waals surface area contributed by atoms with Gasteiger partial charge in [0.15, 0.2) is 11.5 Å². The zero-order valence-corrected chi connectivity index (χ0v) is 24.2. The van der Waals surface area contributed by atoms with Gasteiger partial charge in [-0.15, -0.1) is 5.10 Å². The zero-order chi connectivity index (χ0) is 29.0. The number of hydrogen-bond acceptors (Lipinski definition) is 8. The molecule has 2 heterocycles. The van der Waals surface area contributed by atoms with Crippen molar-refractivity contribution in [3.8, 4) is 11.5 Å². The highest BCUT2D eigenvalue weighted by Gasteiger charge is 2.25. The normalized spacial score (nSPS) is 17.1. The highest BCUT2D eigenvalue weighted by molar-refractivity contribution is 7.99. The summed E-state index contributed by atoms with van der Waals surface area (Å²) in [6.07, 6.45) is 5.19. The van der Waals surface area contributed by atoms with Crippen LogP contribution in [0.25, 0.3) is 0 Å². The summed E-state index contributed by atoms with van der Waals surface area (Å²) in [5, 5.41) is 14.3. The Hall–Kier alpha value is -4.06. The minimum Gasteiger partial charge on any atom is -0.493 e. The number of methoxy groups -OCH3 is 1. The molecule has 0 saturated heterocycles. The molecule has 1 atom stereocenters. The summed E-state index contributed by atoms with van der Waals surface area (Å²) in [7, 11) is 1.52. The summed E-state index contributed by atoms with van der Waals surface area (Å²) >= 11 is 1.45. The maximum atomic E-state index is 13.6. The molecular formula is C29H36N6O5S. The number of fused-ring (bicyclic) bond motifs is 3. The molecule has 0 fully saturated rings. The number of hydrogen-bond donors (Lipinski definition) is 2. The minimum absolute atomic E-state index is 0.0122. The molecule has 0 radical (unpaired) electrons. The Balaban J connectivity index is 1.60. The third-order valence-electron chi connectivity index (χ3n) is 6.65. The van der Waals surface area contributed by atoms with Gasteiger partial charge >= 0.3 is 0 Å². The van der Waals surface area contributed by atoms with Crippen LogP contribution in [0.5, 0.6) is 11.5 Å². The number of benzene rings is 2. The number of aryl methyl sites for hydroxylation is 1. The molecule has 1 aliphatic heterocycles. The fraction of sp³-hybridized carbons (Fsp3) is 0.414. The van der Waals surface area contributed by atoms with Gasteiger partial charge in [-0.1, -0.05) is 41.6 Å². The smallest absolute Gasteiger partial charge is 0.255 e. The number of aromatic nitrogens is 3. The second kappa shape index (κ2) is 15.1. The van der Waals surface area contributed by atoms with Crippen molar-refractivity contribution in [1.82, 2.24) is 30.5 Å². The Morgan fingerprint density at radius 1 is 1.12 bits per heavy atom. The van der Waals surface area contributed by atoms with Crippen LogP contribution in [0.4, 0.5) is 0 Å². The first kappa shape index (κ1) is 29.9. The number of carbonyl (C=O) groups excluding carboxylic acids is 3. The lowest BCUT2D eigenvalue weighted by Crippen LogP contribution is -2.50. The van der Waals surface area contributed by atoms with Crippen molar-refractivity contribution in [3.05, 3.63) is 71.5 Å². The van der Waals surface area contributed by atoms with Crippen molar-refractivity contribution in [2.24, 2.45) is 0 Å². The van der Waals surface area contributed by atoms with Gasteiger partial charge < -0.3 is 25.0 Å². The zero-order valence-electron chi connectivity index (χ0n) is 23.4. The van der Waals surface area contributed by atoms with E-state index in [0.29, 0.717) is 62.8 Å². The molecule has 3 aromatic rings. The predicted octanol–water partition coefficient (Wildman–Crippen LogP) is 1.96. The summed E-state index contributed by atoms with van der Waals surface area (Å²) in [6, 6.07) is 13.7. The van der Waals surface area contributed by atoms with Gasteiger partial charge in [0, 0.05) is 51.6 Å². The topological polar surface area (TPSA) is 128 Å². The van der Waals surface area contributed by atoms with Crippen molar-refractivity contribution in [1.29, 1.82) is 0 Å². The van der Waals surface area contributed by atoms with E-state index in [1.165, 1.54) is 18.9 Å². The van der Waals surface area contributed by atoms with Crippen LogP contribution in [-0.2, 0) is 29.0 Å². The average Bonchev–Trinajstić information content (AvgIpc) is 3.44. The molecule has 0 saturated carbocycles. The second-order valence-electron chi connectivity index (χ2n) is 9.58. The Labute approximate surface area is 244 Å². The molecule has 2 aromatic carbocycles. The fourth-order valence-corrected chi connectivity index (χ4v) is 4.95. The highest BCUT2D eigenvalue weighted by atomic mass is 32.2. The van der Waals surface area contributed by atoms with Crippen molar-refractivity contribution >= 4 is 29.5 Å². The number of para-hydroxylation sites is 1. The third kappa shape index (κ3) is 8.46. The third-order valence-corrected chi connectivity index (χ3v) is 7.19. The maximum absolute atomic E-state index is 13.6. The molecule has 41 heavy (non-hydrogen) atoms. The average molecular weight is 581 g/mol. The van der Waals surface area contributed by atoms with Gasteiger partial charge in [-0.2, -0.15) is 11.8 Å². The van der Waals surface area contributed by atoms with Crippen LogP contribution in [0.15, 0.2) is 54.7 Å². The molecule has 218 valence electrons. The number of ether oxygens (including phenoxy) is 2. The van der Waals surface area contributed by atoms with E-state index in [1.54, 1.807) is 27.8 Å². The van der Waals surface area contributed by atoms with Crippen LogP contribution in [0.1, 0.15) is 28.0 Å². The summed E-state index contributed by atoms with van der Waals surface area (Å²) < 4.78 is 13.3. The Kier molecular flexibility index (Phi) is 11.0. The van der Waals surface area contributed by atoms with Gasteiger partial charge in [-0.05, 0) is 24.0 Å². The maximum Gasteiger partial charge on any atom is 0.255 e. The van der Waals surface area contributed by atoms with E-state index in [2.05, 4.69) is 20.9 Å². The Bertz CT molecular complexity index is 1320. The van der Waals surface area contributed by atoms with E-state index in [9.17, 15) is 14.4 Å². The van der Waals surface area contributed by atoms with Gasteiger partial charge in [0.05, 0.1) is 30.7 Å². The molecular weight excluding hydrogens is 544 g/mol. The molecule has 11 nitrogen and oxygen atoms in total. The Morgan fingerprint density at radius 2 is 1.95 bits per heavy atom. The quantitative estimate of drug-likeness (QED) is 0.469. The molecule has 2 bridgehead atoms. The van der Waals surface area contributed by atoms with E-state index >= 15 is 0 Å². The van der Waals surface area contributed by atoms with Gasteiger partial charge in [-0.25, -0.2) is 0 Å². The van der Waals surface area contributed by atoms with Crippen molar-refractivity contribution in [2.45, 2.75) is 31.8 Å². The monoisotopic (exact) mass is 580 g/mol. The lowest BCUT2D eigenvalue weighted by Gasteiger charge is -2.24. The van der Waals surface area contributed by atoms with Crippen LogP contribution in [0.3, 0.4) is 0 Å². The van der Waals surface area contributed by atoms with Crippen LogP contribution in [0, 0.1) is 0 Å². The molecule has 3 amide bonds. The van der Waals surface area contributed by atoms with E-state index in [4.69, 9.17) is 9.47 Å². The van der Waals surface area contributed by atoms with E-state index in [1.807, 2.05) is 42.8 Å². The summed E-state index contributed by atoms with van der Waals surface area (Å²) in [5.41, 5.74) is 1.95. The Morgan fingerprint density at radius 3 is 2.73 bits per heavy atom. The first-order valence-corrected chi connectivity index (χ1v) is 15.0. The first-order valence-electron chi connectivity index (χ1n) is 13.6. The molecule has 0 aliphatic carbocycles. The first-order chi connectivity index (χ1) is 20.0. The highest BCUT2D eigenvalue weighted by Crippen LogP contribution is 2.31. The van der Waals surface area contributed by atoms with Gasteiger partial charge in [0.1, 0.15) is 6.04 Å². The molecule has 4 rings (SSSR count). The van der Waals surface area contributed by atoms with Crippen molar-refractivity contribution < 1.29 is 23.9 Å². The van der Waals surface area contributed by atoms with Crippen LogP contribution >= 0.6 is 11.8 Å². The largest absolute Gasteiger partial charge is 0.493 e. The number of nitrogens with zero attached hydrogens (tertiary/aromatic N) is 4. The fourth-order valence-electron chi connectivity index (χ4n) is 4.53. The van der Waals surface area contributed by atoms with Crippen molar-refractivity contribution in [2.75, 3.05) is 45.4 Å².